The molecule has 0 unspecified atom stereocenters. The molecule has 0 heterocycles. The number of ether oxygens (including phenoxy) is 1. The number of rotatable bonds is 14. The summed E-state index contributed by atoms with van der Waals surface area (Å²) >= 11 is 0. The van der Waals surface area contributed by atoms with E-state index in [-0.39, 0.29) is 23.8 Å². The maximum Gasteiger partial charge on any atom is 0.264 e. The lowest BCUT2D eigenvalue weighted by Crippen LogP contribution is -2.53. The van der Waals surface area contributed by atoms with Crippen LogP contribution < -0.4 is 14.4 Å². The van der Waals surface area contributed by atoms with Gasteiger partial charge in [0.2, 0.25) is 11.8 Å². The number of hydrogen-bond donors (Lipinski definition) is 1. The Morgan fingerprint density at radius 2 is 1.49 bits per heavy atom. The molecule has 0 bridgehead atoms. The SMILES string of the molecule is CCCNC(=O)[C@@H](Cc1ccccc1)N(Cc1ccccc1C)C(=O)CN(c1ccc(C)cc1)S(=O)(=O)c1ccc(OC)cc1. The number of nitrogens with zero attached hydrogens (tertiary/aromatic N) is 2. The van der Waals surface area contributed by atoms with Gasteiger partial charge in [0.1, 0.15) is 18.3 Å². The fraction of sp³-hybridized carbons (Fsp3) is 0.278. The largest absolute Gasteiger partial charge is 0.497 e. The van der Waals surface area contributed by atoms with Gasteiger partial charge in [-0.15, -0.1) is 0 Å². The van der Waals surface area contributed by atoms with E-state index in [4.69, 9.17) is 4.74 Å². The zero-order chi connectivity index (χ0) is 32.4. The van der Waals surface area contributed by atoms with E-state index < -0.39 is 28.5 Å². The van der Waals surface area contributed by atoms with Gasteiger partial charge in [-0.2, -0.15) is 0 Å². The summed E-state index contributed by atoms with van der Waals surface area (Å²) in [6.07, 6.45) is 1.00. The molecular formula is C36H41N3O5S. The first-order valence-electron chi connectivity index (χ1n) is 15.0. The van der Waals surface area contributed by atoms with Gasteiger partial charge in [-0.1, -0.05) is 79.2 Å². The van der Waals surface area contributed by atoms with E-state index in [0.717, 1.165) is 33.0 Å². The quantitative estimate of drug-likeness (QED) is 0.194. The average molecular weight is 628 g/mol. The first-order valence-corrected chi connectivity index (χ1v) is 16.5. The summed E-state index contributed by atoms with van der Waals surface area (Å²) in [5.41, 5.74) is 4.01. The number of carbonyl (C=O) groups excluding carboxylic acids is 2. The maximum absolute atomic E-state index is 14.5. The predicted molar refractivity (Wildman–Crippen MR) is 178 cm³/mol. The Morgan fingerprint density at radius 3 is 2.11 bits per heavy atom. The van der Waals surface area contributed by atoms with E-state index in [0.29, 0.717) is 18.0 Å². The zero-order valence-electron chi connectivity index (χ0n) is 26.3. The summed E-state index contributed by atoms with van der Waals surface area (Å²) < 4.78 is 34.7. The van der Waals surface area contributed by atoms with Crippen molar-refractivity contribution in [3.63, 3.8) is 0 Å². The van der Waals surface area contributed by atoms with Crippen molar-refractivity contribution in [2.45, 2.75) is 51.1 Å². The van der Waals surface area contributed by atoms with Gasteiger partial charge >= 0.3 is 0 Å². The van der Waals surface area contributed by atoms with Crippen molar-refractivity contribution in [2.75, 3.05) is 24.5 Å². The number of hydrogen-bond acceptors (Lipinski definition) is 5. The molecule has 2 amide bonds. The monoisotopic (exact) mass is 627 g/mol. The molecule has 0 aliphatic heterocycles. The van der Waals surface area contributed by atoms with E-state index in [1.54, 1.807) is 36.4 Å². The van der Waals surface area contributed by atoms with Crippen molar-refractivity contribution in [3.05, 3.63) is 125 Å². The number of carbonyl (C=O) groups is 2. The molecule has 0 aromatic heterocycles. The topological polar surface area (TPSA) is 96.0 Å². The molecule has 0 aliphatic carbocycles. The Bertz CT molecular complexity index is 1670. The summed E-state index contributed by atoms with van der Waals surface area (Å²) in [4.78, 5) is 29.8. The van der Waals surface area contributed by atoms with Crippen LogP contribution in [0.3, 0.4) is 0 Å². The third kappa shape index (κ3) is 8.51. The maximum atomic E-state index is 14.5. The third-order valence-corrected chi connectivity index (χ3v) is 9.46. The molecule has 1 atom stereocenters. The minimum Gasteiger partial charge on any atom is -0.497 e. The highest BCUT2D eigenvalue weighted by atomic mass is 32.2. The molecule has 0 spiro atoms. The van der Waals surface area contributed by atoms with E-state index in [1.165, 1.54) is 24.1 Å². The van der Waals surface area contributed by atoms with Crippen LogP contribution in [0.1, 0.15) is 35.6 Å². The minimum atomic E-state index is -4.19. The Kier molecular flexibility index (Phi) is 11.4. The number of methoxy groups -OCH3 is 1. The number of aryl methyl sites for hydroxylation is 2. The number of nitrogens with one attached hydrogen (secondary N) is 1. The van der Waals surface area contributed by atoms with E-state index in [9.17, 15) is 18.0 Å². The van der Waals surface area contributed by atoms with Gasteiger partial charge in [-0.3, -0.25) is 13.9 Å². The van der Waals surface area contributed by atoms with Gasteiger partial charge in [-0.25, -0.2) is 8.42 Å². The van der Waals surface area contributed by atoms with Crippen molar-refractivity contribution in [1.29, 1.82) is 0 Å². The Labute approximate surface area is 266 Å². The average Bonchev–Trinajstić information content (AvgIpc) is 3.05. The van der Waals surface area contributed by atoms with Crippen LogP contribution in [-0.4, -0.2) is 51.4 Å². The Balaban J connectivity index is 1.80. The molecule has 8 nitrogen and oxygen atoms in total. The second-order valence-corrected chi connectivity index (χ2v) is 12.8. The van der Waals surface area contributed by atoms with Crippen LogP contribution >= 0.6 is 0 Å². The Morgan fingerprint density at radius 1 is 0.844 bits per heavy atom. The lowest BCUT2D eigenvalue weighted by molar-refractivity contribution is -0.140. The molecule has 4 aromatic rings. The van der Waals surface area contributed by atoms with E-state index in [1.807, 2.05) is 75.4 Å². The molecule has 0 saturated carbocycles. The highest BCUT2D eigenvalue weighted by Crippen LogP contribution is 2.27. The number of sulfonamides is 1. The Hall–Kier alpha value is -4.63. The highest BCUT2D eigenvalue weighted by molar-refractivity contribution is 7.92. The molecule has 0 aliphatic rings. The van der Waals surface area contributed by atoms with Gasteiger partial charge in [0.05, 0.1) is 17.7 Å². The van der Waals surface area contributed by atoms with Crippen molar-refractivity contribution < 1.29 is 22.7 Å². The summed E-state index contributed by atoms with van der Waals surface area (Å²) in [6.45, 7) is 5.91. The molecule has 0 radical (unpaired) electrons. The second-order valence-electron chi connectivity index (χ2n) is 11.0. The molecule has 236 valence electrons. The first kappa shape index (κ1) is 33.3. The molecule has 4 aromatic carbocycles. The number of benzene rings is 4. The third-order valence-electron chi connectivity index (χ3n) is 7.67. The second kappa shape index (κ2) is 15.4. The number of amides is 2. The standard InChI is InChI=1S/C36H41N3O5S/c1-5-23-37-36(41)34(24-29-12-7-6-8-13-29)38(25-30-14-10-9-11-28(30)3)35(40)26-39(31-17-15-27(2)16-18-31)45(42,43)33-21-19-32(44-4)20-22-33/h6-22,34H,5,23-26H2,1-4H3,(H,37,41)/t34-/m1/s1. The summed E-state index contributed by atoms with van der Waals surface area (Å²) in [7, 11) is -2.68. The zero-order valence-corrected chi connectivity index (χ0v) is 27.1. The van der Waals surface area contributed by atoms with E-state index >= 15 is 0 Å². The van der Waals surface area contributed by atoms with Gasteiger partial charge in [0.15, 0.2) is 0 Å². The van der Waals surface area contributed by atoms with Gasteiger partial charge < -0.3 is 15.0 Å². The molecule has 4 rings (SSSR count). The smallest absolute Gasteiger partial charge is 0.264 e. The minimum absolute atomic E-state index is 0.0173. The molecule has 9 heteroatoms. The first-order chi connectivity index (χ1) is 21.6. The summed E-state index contributed by atoms with van der Waals surface area (Å²) in [5, 5.41) is 2.97. The van der Waals surface area contributed by atoms with Crippen LogP contribution in [0.25, 0.3) is 0 Å². The number of anilines is 1. The molecule has 45 heavy (non-hydrogen) atoms. The van der Waals surface area contributed by atoms with Crippen molar-refractivity contribution in [3.8, 4) is 5.75 Å². The summed E-state index contributed by atoms with van der Waals surface area (Å²) in [5.74, 6) is -0.274. The fourth-order valence-electron chi connectivity index (χ4n) is 5.01. The molecule has 0 fully saturated rings. The molecular weight excluding hydrogens is 586 g/mol. The summed E-state index contributed by atoms with van der Waals surface area (Å²) in [6, 6.07) is 29.4. The van der Waals surface area contributed by atoms with Crippen molar-refractivity contribution >= 4 is 27.5 Å². The lowest BCUT2D eigenvalue weighted by atomic mass is 10.0. The highest BCUT2D eigenvalue weighted by Gasteiger charge is 2.34. The van der Waals surface area contributed by atoms with Crippen LogP contribution in [0.4, 0.5) is 5.69 Å². The van der Waals surface area contributed by atoms with Crippen molar-refractivity contribution in [1.82, 2.24) is 10.2 Å². The molecule has 1 N–H and O–H groups in total. The van der Waals surface area contributed by atoms with Crippen LogP contribution in [0.2, 0.25) is 0 Å². The molecule has 0 saturated heterocycles. The fourth-order valence-corrected chi connectivity index (χ4v) is 6.42. The normalized spacial score (nSPS) is 11.8. The van der Waals surface area contributed by atoms with Gasteiger partial charge in [0.25, 0.3) is 10.0 Å². The van der Waals surface area contributed by atoms with Gasteiger partial charge in [-0.05, 0) is 73.4 Å². The van der Waals surface area contributed by atoms with Crippen LogP contribution in [0.5, 0.6) is 5.75 Å². The van der Waals surface area contributed by atoms with Crippen LogP contribution in [0, 0.1) is 13.8 Å². The van der Waals surface area contributed by atoms with E-state index in [2.05, 4.69) is 5.32 Å². The van der Waals surface area contributed by atoms with Crippen LogP contribution in [0.15, 0.2) is 108 Å². The lowest BCUT2D eigenvalue weighted by Gasteiger charge is -2.34. The van der Waals surface area contributed by atoms with Crippen molar-refractivity contribution in [2.24, 2.45) is 0 Å². The predicted octanol–water partition coefficient (Wildman–Crippen LogP) is 5.67. The van der Waals surface area contributed by atoms with Crippen LogP contribution in [-0.2, 0) is 32.6 Å². The van der Waals surface area contributed by atoms with Gasteiger partial charge in [0, 0.05) is 19.5 Å².